The second kappa shape index (κ2) is 8.86. The molecule has 0 aliphatic heterocycles. The number of halogens is 5. The van der Waals surface area contributed by atoms with Gasteiger partial charge < -0.3 is 5.32 Å². The van der Waals surface area contributed by atoms with Crippen molar-refractivity contribution in [2.75, 3.05) is 5.32 Å². The molecular formula is C19H18ClF4N5O. The summed E-state index contributed by atoms with van der Waals surface area (Å²) in [5, 5.41) is 9.30. The molecule has 6 nitrogen and oxygen atoms in total. The largest absolute Gasteiger partial charge is 0.307 e. The van der Waals surface area contributed by atoms with Gasteiger partial charge in [0.15, 0.2) is 5.82 Å². The zero-order valence-electron chi connectivity index (χ0n) is 16.0. The van der Waals surface area contributed by atoms with E-state index in [0.717, 1.165) is 11.1 Å². The van der Waals surface area contributed by atoms with Crippen molar-refractivity contribution in [2.45, 2.75) is 39.3 Å². The molecule has 0 radical (unpaired) electrons. The number of nitrogens with one attached hydrogen (secondary N) is 1. The van der Waals surface area contributed by atoms with Gasteiger partial charge in [0.2, 0.25) is 5.91 Å². The molecule has 0 saturated carbocycles. The zero-order chi connectivity index (χ0) is 22.0. The Hall–Kier alpha value is -2.88. The van der Waals surface area contributed by atoms with E-state index in [1.165, 1.54) is 13.0 Å². The molecule has 1 atom stereocenters. The minimum Gasteiger partial charge on any atom is -0.307 e. The van der Waals surface area contributed by atoms with Crippen LogP contribution in [0.4, 0.5) is 23.4 Å². The fraction of sp³-hybridized carbons (Fsp3) is 0.316. The Balaban J connectivity index is 1.76. The van der Waals surface area contributed by atoms with Crippen molar-refractivity contribution in [3.8, 4) is 0 Å². The van der Waals surface area contributed by atoms with E-state index in [4.69, 9.17) is 11.6 Å². The van der Waals surface area contributed by atoms with Crippen molar-refractivity contribution in [3.05, 3.63) is 64.1 Å². The average Bonchev–Trinajstić information content (AvgIpc) is 3.26. The fourth-order valence-electron chi connectivity index (χ4n) is 2.90. The first-order chi connectivity index (χ1) is 14.2. The number of alkyl halides is 4. The highest BCUT2D eigenvalue weighted by Gasteiger charge is 2.32. The highest BCUT2D eigenvalue weighted by atomic mass is 35.5. The minimum absolute atomic E-state index is 0.186. The van der Waals surface area contributed by atoms with Crippen LogP contribution in [0.1, 0.15) is 48.3 Å². The number of carbonyl (C=O) groups is 1. The molecule has 0 spiro atoms. The third-order valence-corrected chi connectivity index (χ3v) is 4.94. The maximum atomic E-state index is 13.3. The Bertz CT molecular complexity index is 1050. The number of rotatable bonds is 7. The maximum absolute atomic E-state index is 13.3. The van der Waals surface area contributed by atoms with Gasteiger partial charge in [0, 0.05) is 12.3 Å². The number of hydrogen-bond donors (Lipinski definition) is 1. The predicted molar refractivity (Wildman–Crippen MR) is 103 cm³/mol. The van der Waals surface area contributed by atoms with E-state index in [1.54, 1.807) is 10.9 Å². The summed E-state index contributed by atoms with van der Waals surface area (Å²) >= 11 is 5.63. The number of benzene rings is 1. The van der Waals surface area contributed by atoms with Gasteiger partial charge >= 0.3 is 0 Å². The van der Waals surface area contributed by atoms with Crippen LogP contribution in [-0.2, 0) is 11.3 Å². The number of aryl methyl sites for hydroxylation is 1. The number of nitrogens with zero attached hydrogens (tertiary/aromatic N) is 4. The van der Waals surface area contributed by atoms with E-state index in [1.807, 2.05) is 31.2 Å². The van der Waals surface area contributed by atoms with Crippen LogP contribution in [0.2, 0.25) is 5.02 Å². The molecule has 0 saturated heterocycles. The third-order valence-electron chi connectivity index (χ3n) is 4.56. The Morgan fingerprint density at radius 3 is 2.47 bits per heavy atom. The van der Waals surface area contributed by atoms with Crippen molar-refractivity contribution in [2.24, 2.45) is 0 Å². The lowest BCUT2D eigenvalue weighted by atomic mass is 10.1. The topological polar surface area (TPSA) is 64.7 Å². The molecule has 1 aromatic carbocycles. The van der Waals surface area contributed by atoms with Gasteiger partial charge in [0.05, 0.1) is 11.6 Å². The van der Waals surface area contributed by atoms with Crippen molar-refractivity contribution in [1.82, 2.24) is 19.6 Å². The normalized spacial score (nSPS) is 12.6. The molecule has 0 aliphatic carbocycles. The molecular weight excluding hydrogens is 426 g/mol. The van der Waals surface area contributed by atoms with E-state index < -0.39 is 41.2 Å². The lowest BCUT2D eigenvalue weighted by Crippen LogP contribution is -2.26. The van der Waals surface area contributed by atoms with Gasteiger partial charge in [0.1, 0.15) is 17.4 Å². The van der Waals surface area contributed by atoms with Crippen LogP contribution in [0.5, 0.6) is 0 Å². The summed E-state index contributed by atoms with van der Waals surface area (Å²) in [5.41, 5.74) is 0.199. The van der Waals surface area contributed by atoms with Crippen LogP contribution in [0.3, 0.4) is 0 Å². The molecule has 0 bridgehead atoms. The Labute approximate surface area is 174 Å². The van der Waals surface area contributed by atoms with E-state index in [9.17, 15) is 22.4 Å². The summed E-state index contributed by atoms with van der Waals surface area (Å²) in [6.45, 7) is 3.69. The molecule has 0 fully saturated rings. The average molecular weight is 444 g/mol. The number of amides is 1. The maximum Gasteiger partial charge on any atom is 0.283 e. The number of aromatic nitrogens is 4. The minimum atomic E-state index is -3.18. The highest BCUT2D eigenvalue weighted by molar-refractivity contribution is 6.32. The number of hydrogen-bond acceptors (Lipinski definition) is 3. The highest BCUT2D eigenvalue weighted by Crippen LogP contribution is 2.36. The summed E-state index contributed by atoms with van der Waals surface area (Å²) in [7, 11) is 0. The van der Waals surface area contributed by atoms with E-state index in [2.05, 4.69) is 15.5 Å². The summed E-state index contributed by atoms with van der Waals surface area (Å²) < 4.78 is 54.7. The van der Waals surface area contributed by atoms with Crippen LogP contribution >= 0.6 is 11.6 Å². The summed E-state index contributed by atoms with van der Waals surface area (Å²) in [6.07, 6.45) is -4.68. The smallest absolute Gasteiger partial charge is 0.283 e. The van der Waals surface area contributed by atoms with Crippen molar-refractivity contribution in [1.29, 1.82) is 0 Å². The molecule has 160 valence electrons. The Kier molecular flexibility index (Phi) is 6.45. The first-order valence-corrected chi connectivity index (χ1v) is 9.29. The molecule has 3 rings (SSSR count). The van der Waals surface area contributed by atoms with Crippen LogP contribution < -0.4 is 5.32 Å². The van der Waals surface area contributed by atoms with Gasteiger partial charge in [-0.15, -0.1) is 0 Å². The molecule has 1 N–H and O–H groups in total. The van der Waals surface area contributed by atoms with Crippen LogP contribution in [0.15, 0.2) is 36.5 Å². The summed E-state index contributed by atoms with van der Waals surface area (Å²) in [5.74, 6) is -0.565. The van der Waals surface area contributed by atoms with Gasteiger partial charge in [-0.05, 0) is 25.0 Å². The lowest BCUT2D eigenvalue weighted by Gasteiger charge is -2.14. The summed E-state index contributed by atoms with van der Waals surface area (Å²) in [4.78, 5) is 12.5. The number of anilines is 1. The lowest BCUT2D eigenvalue weighted by molar-refractivity contribution is -0.119. The fourth-order valence-corrected chi connectivity index (χ4v) is 3.19. The van der Waals surface area contributed by atoms with Gasteiger partial charge in [-0.1, -0.05) is 35.9 Å². The molecule has 1 amide bonds. The quantitative estimate of drug-likeness (QED) is 0.513. The van der Waals surface area contributed by atoms with E-state index >= 15 is 0 Å². The first kappa shape index (κ1) is 21.8. The van der Waals surface area contributed by atoms with E-state index in [-0.39, 0.29) is 5.82 Å². The molecule has 2 aromatic heterocycles. The molecule has 30 heavy (non-hydrogen) atoms. The van der Waals surface area contributed by atoms with Crippen molar-refractivity contribution < 1.29 is 22.4 Å². The van der Waals surface area contributed by atoms with Crippen LogP contribution in [0, 0.1) is 6.92 Å². The number of carbonyl (C=O) groups excluding carboxylic acids is 1. The standard InChI is InChI=1S/C19H18ClF4N5O/c1-10-5-3-4-6-12(10)9-28-8-7-13(26-28)25-19(30)11(2)29-16(18(23)24)14(20)15(27-29)17(21)22/h3-8,11,17-18H,9H2,1-2H3,(H,25,26,30). The van der Waals surface area contributed by atoms with Gasteiger partial charge in [0.25, 0.3) is 12.9 Å². The van der Waals surface area contributed by atoms with Crippen molar-refractivity contribution >= 4 is 23.3 Å². The van der Waals surface area contributed by atoms with Gasteiger partial charge in [-0.2, -0.15) is 10.2 Å². The third kappa shape index (κ3) is 4.48. The second-order valence-electron chi connectivity index (χ2n) is 6.62. The van der Waals surface area contributed by atoms with E-state index in [0.29, 0.717) is 11.2 Å². The predicted octanol–water partition coefficient (Wildman–Crippen LogP) is 5.16. The zero-order valence-corrected chi connectivity index (χ0v) is 16.7. The molecule has 2 heterocycles. The van der Waals surface area contributed by atoms with Gasteiger partial charge in [-0.3, -0.25) is 9.48 Å². The van der Waals surface area contributed by atoms with Crippen LogP contribution in [-0.4, -0.2) is 25.5 Å². The molecule has 3 aromatic rings. The second-order valence-corrected chi connectivity index (χ2v) is 7.00. The molecule has 1 unspecified atom stereocenters. The van der Waals surface area contributed by atoms with Crippen molar-refractivity contribution in [3.63, 3.8) is 0 Å². The monoisotopic (exact) mass is 443 g/mol. The Morgan fingerprint density at radius 1 is 1.13 bits per heavy atom. The summed E-state index contributed by atoms with van der Waals surface area (Å²) in [6, 6.07) is 7.96. The van der Waals surface area contributed by atoms with Crippen LogP contribution in [0.25, 0.3) is 0 Å². The molecule has 11 heteroatoms. The first-order valence-electron chi connectivity index (χ1n) is 8.92. The SMILES string of the molecule is Cc1ccccc1Cn1ccc(NC(=O)C(C)n2nc(C(F)F)c(Cl)c2C(F)F)n1. The Morgan fingerprint density at radius 2 is 1.83 bits per heavy atom. The molecule has 0 aliphatic rings. The van der Waals surface area contributed by atoms with Gasteiger partial charge in [-0.25, -0.2) is 22.2 Å².